The van der Waals surface area contributed by atoms with Crippen molar-refractivity contribution in [1.29, 1.82) is 5.26 Å². The highest BCUT2D eigenvalue weighted by Crippen LogP contribution is 2.40. The summed E-state index contributed by atoms with van der Waals surface area (Å²) in [5.74, 6) is 0.0197. The Balaban J connectivity index is 1.71. The first-order valence-corrected chi connectivity index (χ1v) is 9.87. The van der Waals surface area contributed by atoms with Gasteiger partial charge in [0.15, 0.2) is 5.88 Å². The molecule has 0 fully saturated rings. The van der Waals surface area contributed by atoms with Crippen molar-refractivity contribution in [2.45, 2.75) is 6.42 Å². The van der Waals surface area contributed by atoms with Crippen molar-refractivity contribution in [1.82, 2.24) is 9.97 Å². The first-order chi connectivity index (χ1) is 15.1. The molecule has 2 aromatic carbocycles. The van der Waals surface area contributed by atoms with Crippen molar-refractivity contribution < 1.29 is 5.11 Å². The Morgan fingerprint density at radius 2 is 1.94 bits per heavy atom. The van der Waals surface area contributed by atoms with Crippen molar-refractivity contribution in [2.75, 3.05) is 11.1 Å². The van der Waals surface area contributed by atoms with E-state index in [-0.39, 0.29) is 5.88 Å². The van der Waals surface area contributed by atoms with Gasteiger partial charge in [-0.3, -0.25) is 0 Å². The van der Waals surface area contributed by atoms with Crippen molar-refractivity contribution >= 4 is 40.1 Å². The molecule has 0 aliphatic heterocycles. The van der Waals surface area contributed by atoms with Crippen LogP contribution >= 0.6 is 0 Å². The summed E-state index contributed by atoms with van der Waals surface area (Å²) >= 11 is 0. The number of aromatic amines is 1. The fourth-order valence-electron chi connectivity index (χ4n) is 3.80. The molecule has 0 saturated carbocycles. The molecule has 0 spiro atoms. The quantitative estimate of drug-likeness (QED) is 0.332. The van der Waals surface area contributed by atoms with Gasteiger partial charge in [-0.05, 0) is 48.6 Å². The summed E-state index contributed by atoms with van der Waals surface area (Å²) in [6.45, 7) is 0. The summed E-state index contributed by atoms with van der Waals surface area (Å²) in [5, 5.41) is 24.5. The van der Waals surface area contributed by atoms with Crippen LogP contribution in [0.2, 0.25) is 0 Å². The van der Waals surface area contributed by atoms with E-state index in [0.29, 0.717) is 28.9 Å². The summed E-state index contributed by atoms with van der Waals surface area (Å²) in [5.41, 5.74) is 12.3. The Bertz CT molecular complexity index is 1400. The second-order valence-electron chi connectivity index (χ2n) is 7.38. The van der Waals surface area contributed by atoms with E-state index in [1.54, 1.807) is 0 Å². The van der Waals surface area contributed by atoms with Gasteiger partial charge in [-0.1, -0.05) is 24.3 Å². The number of nitrogens with zero attached hydrogens (tertiary/aromatic N) is 2. The molecule has 4 aromatic rings. The minimum Gasteiger partial charge on any atom is -0.494 e. The van der Waals surface area contributed by atoms with Crippen molar-refractivity contribution in [3.63, 3.8) is 0 Å². The lowest BCUT2D eigenvalue weighted by Gasteiger charge is -2.13. The van der Waals surface area contributed by atoms with Gasteiger partial charge in [-0.15, -0.1) is 0 Å². The van der Waals surface area contributed by atoms with Crippen LogP contribution in [0.3, 0.4) is 0 Å². The zero-order chi connectivity index (χ0) is 21.4. The number of pyridine rings is 1. The smallest absolute Gasteiger partial charge is 0.199 e. The molecule has 0 saturated heterocycles. The van der Waals surface area contributed by atoms with Crippen LogP contribution in [0.4, 0.5) is 17.1 Å². The van der Waals surface area contributed by atoms with E-state index >= 15 is 0 Å². The third-order valence-corrected chi connectivity index (χ3v) is 5.30. The Morgan fingerprint density at radius 3 is 2.74 bits per heavy atom. The molecule has 5 rings (SSSR count). The van der Waals surface area contributed by atoms with Gasteiger partial charge in [-0.25, -0.2) is 4.98 Å². The molecule has 1 aliphatic carbocycles. The Hall–Kier alpha value is -4.50. The van der Waals surface area contributed by atoms with Crippen molar-refractivity contribution in [2.24, 2.45) is 0 Å². The molecule has 0 atom stereocenters. The molecule has 0 amide bonds. The highest BCUT2D eigenvalue weighted by molar-refractivity contribution is 5.97. The molecular weight excluding hydrogens is 386 g/mol. The molecule has 150 valence electrons. The number of aromatic hydroxyl groups is 1. The van der Waals surface area contributed by atoms with E-state index in [1.807, 2.05) is 72.8 Å². The van der Waals surface area contributed by atoms with Crippen molar-refractivity contribution in [3.05, 3.63) is 77.5 Å². The highest BCUT2D eigenvalue weighted by Gasteiger charge is 2.20. The van der Waals surface area contributed by atoms with E-state index in [4.69, 9.17) is 10.7 Å². The molecule has 5 N–H and O–H groups in total. The molecule has 2 aromatic heterocycles. The lowest BCUT2D eigenvalue weighted by Crippen LogP contribution is -1.96. The van der Waals surface area contributed by atoms with Gasteiger partial charge in [0.25, 0.3) is 0 Å². The van der Waals surface area contributed by atoms with Gasteiger partial charge in [0.2, 0.25) is 0 Å². The first-order valence-electron chi connectivity index (χ1n) is 9.87. The Labute approximate surface area is 179 Å². The maximum atomic E-state index is 10.7. The van der Waals surface area contributed by atoms with Gasteiger partial charge in [0.05, 0.1) is 28.5 Å². The van der Waals surface area contributed by atoms with Gasteiger partial charge < -0.3 is 21.1 Å². The van der Waals surface area contributed by atoms with Crippen LogP contribution in [0, 0.1) is 11.3 Å². The zero-order valence-electron chi connectivity index (χ0n) is 16.6. The minimum absolute atomic E-state index is 0.0197. The number of hydrogen-bond acceptors (Lipinski definition) is 5. The predicted molar refractivity (Wildman–Crippen MR) is 125 cm³/mol. The number of nitrogens with one attached hydrogen (secondary N) is 2. The summed E-state index contributed by atoms with van der Waals surface area (Å²) < 4.78 is 0. The predicted octanol–water partition coefficient (Wildman–Crippen LogP) is 5.59. The number of hydrogen-bond donors (Lipinski definition) is 4. The summed E-state index contributed by atoms with van der Waals surface area (Å²) in [6, 6.07) is 19.5. The van der Waals surface area contributed by atoms with Crippen LogP contribution in [0.5, 0.6) is 5.88 Å². The largest absolute Gasteiger partial charge is 0.494 e. The number of nitriles is 1. The van der Waals surface area contributed by atoms with E-state index in [2.05, 4.69) is 16.4 Å². The molecule has 6 nitrogen and oxygen atoms in total. The third kappa shape index (κ3) is 3.38. The normalized spacial score (nSPS) is 12.7. The Kier molecular flexibility index (Phi) is 4.42. The molecule has 2 heterocycles. The lowest BCUT2D eigenvalue weighted by atomic mass is 10.0. The molecule has 0 radical (unpaired) electrons. The number of aromatic nitrogens is 2. The van der Waals surface area contributed by atoms with Gasteiger partial charge in [0.1, 0.15) is 0 Å². The topological polar surface area (TPSA) is 111 Å². The zero-order valence-corrected chi connectivity index (χ0v) is 16.6. The van der Waals surface area contributed by atoms with Crippen LogP contribution in [0.15, 0.2) is 66.2 Å². The monoisotopic (exact) mass is 405 g/mol. The van der Waals surface area contributed by atoms with E-state index in [9.17, 15) is 10.4 Å². The first kappa shape index (κ1) is 18.5. The maximum Gasteiger partial charge on any atom is 0.199 e. The molecule has 0 bridgehead atoms. The average molecular weight is 405 g/mol. The van der Waals surface area contributed by atoms with Gasteiger partial charge in [0, 0.05) is 40.0 Å². The summed E-state index contributed by atoms with van der Waals surface area (Å²) in [4.78, 5) is 7.82. The number of allylic oxidation sites excluding steroid dienone is 2. The number of benzene rings is 2. The van der Waals surface area contributed by atoms with Gasteiger partial charge >= 0.3 is 0 Å². The number of para-hydroxylation sites is 1. The Morgan fingerprint density at radius 1 is 1.13 bits per heavy atom. The molecular formula is C25H19N5O. The van der Waals surface area contributed by atoms with E-state index in [0.717, 1.165) is 33.5 Å². The van der Waals surface area contributed by atoms with E-state index in [1.165, 1.54) is 0 Å². The number of nitrogen functional groups attached to an aromatic ring is 1. The second-order valence-corrected chi connectivity index (χ2v) is 7.38. The van der Waals surface area contributed by atoms with Crippen LogP contribution in [0.25, 0.3) is 34.3 Å². The van der Waals surface area contributed by atoms with Crippen LogP contribution in [-0.4, -0.2) is 15.1 Å². The standard InChI is InChI=1S/C25H19N5O/c26-14-15-4-3-7-21-19(12-15)24(25(31)30-21)23-13-22(18-5-1-2-6-20(18)29-23)28-17-10-8-16(27)9-11-17/h1-3,5-13,30-31H,4,27H2,(H,28,29). The number of fused-ring (bicyclic) bond motifs is 2. The molecule has 31 heavy (non-hydrogen) atoms. The molecule has 6 heteroatoms. The van der Waals surface area contributed by atoms with Crippen LogP contribution in [-0.2, 0) is 0 Å². The average Bonchev–Trinajstić information content (AvgIpc) is 2.95. The minimum atomic E-state index is 0.0197. The van der Waals surface area contributed by atoms with Crippen LogP contribution in [0.1, 0.15) is 17.7 Å². The lowest BCUT2D eigenvalue weighted by molar-refractivity contribution is 0.458. The fraction of sp³-hybridized carbons (Fsp3) is 0.0400. The van der Waals surface area contributed by atoms with E-state index < -0.39 is 0 Å². The molecule has 0 unspecified atom stereocenters. The fourth-order valence-corrected chi connectivity index (χ4v) is 3.80. The van der Waals surface area contributed by atoms with Gasteiger partial charge in [-0.2, -0.15) is 5.26 Å². The maximum absolute atomic E-state index is 10.7. The van der Waals surface area contributed by atoms with Crippen LogP contribution < -0.4 is 11.1 Å². The summed E-state index contributed by atoms with van der Waals surface area (Å²) in [7, 11) is 0. The highest BCUT2D eigenvalue weighted by atomic mass is 16.3. The number of anilines is 3. The number of nitrogens with two attached hydrogens (primary N) is 1. The SMILES string of the molecule is N#CC1=Cc2c([nH]c(O)c2-c2cc(Nc3ccc(N)cc3)c3ccccc3n2)C=CC1. The third-order valence-electron chi connectivity index (χ3n) is 5.30. The number of H-pyrrole nitrogens is 1. The number of rotatable bonds is 3. The molecule has 1 aliphatic rings. The van der Waals surface area contributed by atoms with Crippen molar-refractivity contribution in [3.8, 4) is 23.2 Å². The second kappa shape index (κ2) is 7.39. The summed E-state index contributed by atoms with van der Waals surface area (Å²) in [6.07, 6.45) is 6.15.